The van der Waals surface area contributed by atoms with E-state index in [0.29, 0.717) is 50.8 Å². The van der Waals surface area contributed by atoms with Gasteiger partial charge in [-0.25, -0.2) is 28.3 Å². The van der Waals surface area contributed by atoms with Crippen LogP contribution in [0.2, 0.25) is 0 Å². The third-order valence-electron chi connectivity index (χ3n) is 6.15. The Kier molecular flexibility index (Phi) is 8.29. The highest BCUT2D eigenvalue weighted by molar-refractivity contribution is 5.89. The van der Waals surface area contributed by atoms with Crippen molar-refractivity contribution in [3.8, 4) is 11.4 Å². The molecule has 1 saturated heterocycles. The Morgan fingerprint density at radius 1 is 1.18 bits per heavy atom. The standard InChI is InChI=1S/C26H34F2N6O4/c1-16-15-37-12-11-34(16)23-19-14-33(25(36)38-26(2,3)4)10-9-20(19)31-22(32-23)17-5-7-18(8-6-17)30-24(35)29-13-21(27)28/h5-8,16,21H,9-15H2,1-4H3,(H2,29,30,35)/t16-/m0/s1. The quantitative estimate of drug-likeness (QED) is 0.598. The molecule has 2 aliphatic rings. The zero-order valence-corrected chi connectivity index (χ0v) is 22.1. The number of carbonyl (C=O) groups excluding carboxylic acids is 2. The van der Waals surface area contributed by atoms with Gasteiger partial charge in [-0.3, -0.25) is 0 Å². The first-order valence-electron chi connectivity index (χ1n) is 12.7. The SMILES string of the molecule is C[C@H]1COCCN1c1nc(-c2ccc(NC(=O)NCC(F)F)cc2)nc2c1CN(C(=O)OC(C)(C)C)CC2. The topological polar surface area (TPSA) is 109 Å². The number of hydrogen-bond donors (Lipinski definition) is 2. The Hall–Kier alpha value is -3.54. The van der Waals surface area contributed by atoms with Crippen LogP contribution in [0.15, 0.2) is 24.3 Å². The van der Waals surface area contributed by atoms with E-state index >= 15 is 0 Å². The lowest BCUT2D eigenvalue weighted by atomic mass is 10.0. The molecule has 2 aromatic rings. The maximum Gasteiger partial charge on any atom is 0.410 e. The maximum absolute atomic E-state index is 12.8. The van der Waals surface area contributed by atoms with E-state index in [1.165, 1.54) is 0 Å². The number of morpholine rings is 1. The smallest absolute Gasteiger partial charge is 0.410 e. The number of amides is 3. The van der Waals surface area contributed by atoms with Crippen molar-refractivity contribution in [1.29, 1.82) is 0 Å². The summed E-state index contributed by atoms with van der Waals surface area (Å²) in [5.41, 5.74) is 2.37. The first kappa shape index (κ1) is 27.5. The number of anilines is 2. The summed E-state index contributed by atoms with van der Waals surface area (Å²) in [6.07, 6.45) is -2.43. The molecule has 10 nitrogen and oxygen atoms in total. The van der Waals surface area contributed by atoms with Crippen molar-refractivity contribution in [2.45, 2.75) is 58.7 Å². The summed E-state index contributed by atoms with van der Waals surface area (Å²) >= 11 is 0. The molecule has 0 aliphatic carbocycles. The molecule has 0 spiro atoms. The molecular weight excluding hydrogens is 498 g/mol. The van der Waals surface area contributed by atoms with Crippen LogP contribution in [0.3, 0.4) is 0 Å². The summed E-state index contributed by atoms with van der Waals surface area (Å²) in [4.78, 5) is 38.3. The molecule has 1 aromatic carbocycles. The van der Waals surface area contributed by atoms with Gasteiger partial charge in [0.1, 0.15) is 11.4 Å². The number of aromatic nitrogens is 2. The van der Waals surface area contributed by atoms with Crippen LogP contribution < -0.4 is 15.5 Å². The van der Waals surface area contributed by atoms with Crippen molar-refractivity contribution in [3.63, 3.8) is 0 Å². The Morgan fingerprint density at radius 3 is 2.58 bits per heavy atom. The number of benzene rings is 1. The summed E-state index contributed by atoms with van der Waals surface area (Å²) in [5.74, 6) is 1.29. The number of halogens is 2. The second-order valence-corrected chi connectivity index (χ2v) is 10.4. The minimum Gasteiger partial charge on any atom is -0.444 e. The van der Waals surface area contributed by atoms with Crippen molar-refractivity contribution in [2.75, 3.05) is 43.1 Å². The van der Waals surface area contributed by atoms with Crippen LogP contribution >= 0.6 is 0 Å². The minimum absolute atomic E-state index is 0.0887. The molecular formula is C26H34F2N6O4. The summed E-state index contributed by atoms with van der Waals surface area (Å²) in [6.45, 7) is 9.50. The number of urea groups is 1. The van der Waals surface area contributed by atoms with E-state index in [1.54, 1.807) is 29.2 Å². The van der Waals surface area contributed by atoms with Crippen molar-refractivity contribution >= 4 is 23.6 Å². The van der Waals surface area contributed by atoms with Gasteiger partial charge in [0.15, 0.2) is 5.82 Å². The largest absolute Gasteiger partial charge is 0.444 e. The van der Waals surface area contributed by atoms with Crippen LogP contribution in [-0.2, 0) is 22.4 Å². The molecule has 1 aromatic heterocycles. The number of ether oxygens (including phenoxy) is 2. The zero-order chi connectivity index (χ0) is 27.4. The second kappa shape index (κ2) is 11.5. The first-order chi connectivity index (χ1) is 18.0. The maximum atomic E-state index is 12.8. The Bertz CT molecular complexity index is 1160. The van der Waals surface area contributed by atoms with Gasteiger partial charge >= 0.3 is 12.1 Å². The van der Waals surface area contributed by atoms with Gasteiger partial charge in [0.05, 0.1) is 38.0 Å². The number of carbonyl (C=O) groups is 2. The fourth-order valence-electron chi connectivity index (χ4n) is 4.34. The van der Waals surface area contributed by atoms with E-state index in [2.05, 4.69) is 22.5 Å². The monoisotopic (exact) mass is 532 g/mol. The minimum atomic E-state index is -2.62. The van der Waals surface area contributed by atoms with Crippen LogP contribution in [0.1, 0.15) is 39.0 Å². The van der Waals surface area contributed by atoms with Crippen molar-refractivity contribution in [2.24, 2.45) is 0 Å². The number of alkyl halides is 2. The second-order valence-electron chi connectivity index (χ2n) is 10.4. The molecule has 206 valence electrons. The van der Waals surface area contributed by atoms with E-state index in [4.69, 9.17) is 19.4 Å². The molecule has 2 aliphatic heterocycles. The molecule has 12 heteroatoms. The average Bonchev–Trinajstić information content (AvgIpc) is 2.86. The summed E-state index contributed by atoms with van der Waals surface area (Å²) < 4.78 is 35.9. The molecule has 0 saturated carbocycles. The van der Waals surface area contributed by atoms with Crippen LogP contribution in [-0.4, -0.2) is 77.9 Å². The van der Waals surface area contributed by atoms with Gasteiger partial charge in [-0.15, -0.1) is 0 Å². The van der Waals surface area contributed by atoms with Gasteiger partial charge in [-0.2, -0.15) is 0 Å². The van der Waals surface area contributed by atoms with E-state index in [1.807, 2.05) is 20.8 Å². The molecule has 3 heterocycles. The third-order valence-corrected chi connectivity index (χ3v) is 6.15. The highest BCUT2D eigenvalue weighted by atomic mass is 19.3. The molecule has 3 amide bonds. The molecule has 38 heavy (non-hydrogen) atoms. The van der Waals surface area contributed by atoms with Gasteiger partial charge in [0, 0.05) is 36.3 Å². The van der Waals surface area contributed by atoms with E-state index < -0.39 is 24.6 Å². The van der Waals surface area contributed by atoms with Gasteiger partial charge in [0.2, 0.25) is 0 Å². The lowest BCUT2D eigenvalue weighted by molar-refractivity contribution is 0.0222. The predicted molar refractivity (Wildman–Crippen MR) is 138 cm³/mol. The van der Waals surface area contributed by atoms with Crippen molar-refractivity contribution in [1.82, 2.24) is 20.2 Å². The Balaban J connectivity index is 1.61. The van der Waals surface area contributed by atoms with Gasteiger partial charge in [0.25, 0.3) is 6.43 Å². The zero-order valence-electron chi connectivity index (χ0n) is 22.1. The summed E-state index contributed by atoms with van der Waals surface area (Å²) in [5, 5.41) is 4.64. The summed E-state index contributed by atoms with van der Waals surface area (Å²) in [7, 11) is 0. The van der Waals surface area contributed by atoms with Gasteiger partial charge in [-0.05, 0) is 52.0 Å². The molecule has 0 bridgehead atoms. The highest BCUT2D eigenvalue weighted by Crippen LogP contribution is 2.32. The Labute approximate surface area is 220 Å². The third kappa shape index (κ3) is 6.85. The highest BCUT2D eigenvalue weighted by Gasteiger charge is 2.32. The summed E-state index contributed by atoms with van der Waals surface area (Å²) in [6, 6.07) is 6.26. The van der Waals surface area contributed by atoms with Crippen LogP contribution in [0.5, 0.6) is 0 Å². The predicted octanol–water partition coefficient (Wildman–Crippen LogP) is 4.05. The van der Waals surface area contributed by atoms with Crippen LogP contribution in [0.25, 0.3) is 11.4 Å². The molecule has 4 rings (SSSR count). The first-order valence-corrected chi connectivity index (χ1v) is 12.7. The molecule has 1 fully saturated rings. The number of rotatable bonds is 5. The lowest BCUT2D eigenvalue weighted by Gasteiger charge is -2.38. The molecule has 1 atom stereocenters. The average molecular weight is 533 g/mol. The van der Waals surface area contributed by atoms with E-state index in [0.717, 1.165) is 22.6 Å². The lowest BCUT2D eigenvalue weighted by Crippen LogP contribution is -2.46. The van der Waals surface area contributed by atoms with E-state index in [-0.39, 0.29) is 12.1 Å². The van der Waals surface area contributed by atoms with Gasteiger partial charge in [-0.1, -0.05) is 0 Å². The normalized spacial score (nSPS) is 17.7. The number of hydrogen-bond acceptors (Lipinski definition) is 7. The van der Waals surface area contributed by atoms with Crippen molar-refractivity contribution in [3.05, 3.63) is 35.5 Å². The number of fused-ring (bicyclic) bond motifs is 1. The van der Waals surface area contributed by atoms with Gasteiger partial charge < -0.3 is 29.9 Å². The molecule has 0 radical (unpaired) electrons. The molecule has 0 unspecified atom stereocenters. The number of nitrogens with zero attached hydrogens (tertiary/aromatic N) is 4. The van der Waals surface area contributed by atoms with E-state index in [9.17, 15) is 18.4 Å². The van der Waals surface area contributed by atoms with Crippen molar-refractivity contribution < 1.29 is 27.8 Å². The fourth-order valence-corrected chi connectivity index (χ4v) is 4.34. The Morgan fingerprint density at radius 2 is 1.92 bits per heavy atom. The van der Waals surface area contributed by atoms with Crippen LogP contribution in [0, 0.1) is 0 Å². The molecule has 2 N–H and O–H groups in total. The fraction of sp³-hybridized carbons (Fsp3) is 0.538. The van der Waals surface area contributed by atoms with Crippen LogP contribution in [0.4, 0.5) is 29.9 Å². The number of nitrogens with one attached hydrogen (secondary N) is 2.